The summed E-state index contributed by atoms with van der Waals surface area (Å²) < 4.78 is 27.9. The van der Waals surface area contributed by atoms with Crippen molar-refractivity contribution < 1.29 is 69.3 Å². The van der Waals surface area contributed by atoms with Crippen LogP contribution in [0, 0.1) is 5.92 Å². The highest BCUT2D eigenvalue weighted by atomic mass is 16.7. The second-order valence-corrected chi connectivity index (χ2v) is 9.72. The zero-order valence-electron chi connectivity index (χ0n) is 20.3. The lowest BCUT2D eigenvalue weighted by atomic mass is 9.86. The Morgan fingerprint density at radius 3 is 2.15 bits per heavy atom. The second-order valence-electron chi connectivity index (χ2n) is 9.72. The lowest BCUT2D eigenvalue weighted by molar-refractivity contribution is -0.323. The summed E-state index contributed by atoms with van der Waals surface area (Å²) in [6.07, 6.45) is -9.95. The van der Waals surface area contributed by atoms with Gasteiger partial charge in [0.1, 0.15) is 77.7 Å². The summed E-state index contributed by atoms with van der Waals surface area (Å²) in [6.45, 7) is -1.24. The first-order chi connectivity index (χ1) is 18.6. The van der Waals surface area contributed by atoms with Crippen LogP contribution in [0.3, 0.4) is 0 Å². The smallest absolute Gasteiger partial charge is 0.229 e. The molecule has 1 aliphatic carbocycles. The number of aliphatic hydroxyl groups excluding tert-OH is 7. The van der Waals surface area contributed by atoms with Gasteiger partial charge >= 0.3 is 0 Å². The Bertz CT molecular complexity index is 1120. The lowest BCUT2D eigenvalue weighted by Crippen LogP contribution is -2.62. The number of hydrogen-bond acceptors (Lipinski definition) is 14. The third kappa shape index (κ3) is 5.16. The van der Waals surface area contributed by atoms with E-state index in [0.29, 0.717) is 0 Å². The number of carbonyl (C=O) groups is 1. The Morgan fingerprint density at radius 1 is 0.795 bits per heavy atom. The minimum absolute atomic E-state index is 0.0143. The number of allylic oxidation sites excluding steroid dienone is 2. The van der Waals surface area contributed by atoms with Gasteiger partial charge in [0.25, 0.3) is 0 Å². The first-order valence-electron chi connectivity index (χ1n) is 12.3. The van der Waals surface area contributed by atoms with Crippen LogP contribution in [0.4, 0.5) is 0 Å². The maximum absolute atomic E-state index is 13.3. The van der Waals surface area contributed by atoms with Gasteiger partial charge in [-0.15, -0.1) is 0 Å². The van der Waals surface area contributed by atoms with E-state index in [1.54, 1.807) is 24.3 Å². The molecule has 0 bridgehead atoms. The van der Waals surface area contributed by atoms with E-state index in [1.165, 1.54) is 6.07 Å². The van der Waals surface area contributed by atoms with Crippen LogP contribution in [0.15, 0.2) is 36.4 Å². The zero-order valence-corrected chi connectivity index (χ0v) is 20.3. The van der Waals surface area contributed by atoms with Gasteiger partial charge in [-0.2, -0.15) is 0 Å². The molecule has 4 aliphatic rings. The van der Waals surface area contributed by atoms with Crippen LogP contribution in [-0.2, 0) is 14.2 Å². The quantitative estimate of drug-likeness (QED) is 0.176. The fourth-order valence-corrected chi connectivity index (χ4v) is 4.93. The average Bonchev–Trinajstić information content (AvgIpc) is 2.92. The number of benzene rings is 1. The molecule has 0 aromatic heterocycles. The normalized spacial score (nSPS) is 41.5. The molecule has 2 fully saturated rings. The molecule has 1 aromatic carbocycles. The molecule has 14 nitrogen and oxygen atoms in total. The number of carbonyl (C=O) groups excluding carboxylic acids is 1. The summed E-state index contributed by atoms with van der Waals surface area (Å²) in [5.41, 5.74) is -0.0143. The number of fused-ring (bicyclic) bond motifs is 2. The SMILES string of the molecule is O=C1c2c(cc(O)cc2O[C@@H]2OC(CO[C@@H]3OC(CO)C(O)C(O)C3O)[C@@H](O)C(O)C2O)OC2C=CC=CC12. The van der Waals surface area contributed by atoms with Gasteiger partial charge in [0, 0.05) is 12.1 Å². The van der Waals surface area contributed by atoms with E-state index in [2.05, 4.69) is 0 Å². The zero-order chi connectivity index (χ0) is 28.0. The summed E-state index contributed by atoms with van der Waals surface area (Å²) >= 11 is 0. The molecule has 0 spiro atoms. The van der Waals surface area contributed by atoms with Crippen molar-refractivity contribution >= 4 is 5.78 Å². The van der Waals surface area contributed by atoms with E-state index >= 15 is 0 Å². The van der Waals surface area contributed by atoms with Crippen molar-refractivity contribution in [1.29, 1.82) is 0 Å². The van der Waals surface area contributed by atoms with E-state index < -0.39 is 86.6 Å². The van der Waals surface area contributed by atoms with Crippen LogP contribution >= 0.6 is 0 Å². The van der Waals surface area contributed by atoms with Crippen molar-refractivity contribution in [2.75, 3.05) is 13.2 Å². The molecule has 3 heterocycles. The van der Waals surface area contributed by atoms with E-state index in [1.807, 2.05) is 0 Å². The summed E-state index contributed by atoms with van der Waals surface area (Å²) in [4.78, 5) is 13.3. The van der Waals surface area contributed by atoms with Crippen molar-refractivity contribution in [1.82, 2.24) is 0 Å². The van der Waals surface area contributed by atoms with Gasteiger partial charge < -0.3 is 64.5 Å². The van der Waals surface area contributed by atoms with Crippen molar-refractivity contribution in [3.63, 3.8) is 0 Å². The van der Waals surface area contributed by atoms with Gasteiger partial charge in [0.15, 0.2) is 12.1 Å². The standard InChI is InChI=1S/C25H30O14/c26-7-14-18(29)20(31)22(33)24(38-14)35-8-15-19(30)21(32)23(34)25(39-15)37-13-6-9(27)5-12-16(13)17(28)10-3-1-2-4-11(10)36-12/h1-6,10-11,14-15,18-27,29-34H,7-8H2/t10?,11?,14?,15?,18?,19-,20?,21?,22?,23?,24-,25-/m1/s1. The molecule has 1 aromatic rings. The molecular formula is C25H30O14. The Labute approximate surface area is 221 Å². The maximum Gasteiger partial charge on any atom is 0.229 e. The van der Waals surface area contributed by atoms with Gasteiger partial charge in [-0.05, 0) is 6.08 Å². The number of phenolic OH excluding ortho intramolecular Hbond substituents is 1. The van der Waals surface area contributed by atoms with Crippen LogP contribution < -0.4 is 9.47 Å². The molecule has 3 aliphatic heterocycles. The number of Topliss-reactive ketones (excluding diaryl/α,β-unsaturated/α-hetero) is 1. The minimum atomic E-state index is -1.80. The summed E-state index contributed by atoms with van der Waals surface area (Å²) in [5.74, 6) is -1.48. The van der Waals surface area contributed by atoms with Crippen LogP contribution in [0.1, 0.15) is 10.4 Å². The molecule has 214 valence electrons. The summed E-state index contributed by atoms with van der Waals surface area (Å²) in [7, 11) is 0. The van der Waals surface area contributed by atoms with Crippen molar-refractivity contribution in [3.8, 4) is 17.2 Å². The van der Waals surface area contributed by atoms with E-state index in [4.69, 9.17) is 23.7 Å². The first-order valence-corrected chi connectivity index (χ1v) is 12.3. The Kier molecular flexibility index (Phi) is 7.94. The Hall–Kier alpha value is -2.63. The van der Waals surface area contributed by atoms with Crippen molar-refractivity contribution in [3.05, 3.63) is 42.0 Å². The van der Waals surface area contributed by atoms with Crippen LogP contribution in [-0.4, -0.2) is 127 Å². The van der Waals surface area contributed by atoms with Gasteiger partial charge in [-0.25, -0.2) is 0 Å². The Morgan fingerprint density at radius 2 is 1.44 bits per heavy atom. The van der Waals surface area contributed by atoms with Crippen LogP contribution in [0.2, 0.25) is 0 Å². The van der Waals surface area contributed by atoms with E-state index in [-0.39, 0.29) is 28.6 Å². The van der Waals surface area contributed by atoms with Gasteiger partial charge in [-0.1, -0.05) is 18.2 Å². The third-order valence-corrected chi connectivity index (χ3v) is 7.13. The molecular weight excluding hydrogens is 524 g/mol. The highest BCUT2D eigenvalue weighted by Gasteiger charge is 2.48. The Balaban J connectivity index is 1.33. The molecule has 5 rings (SSSR count). The number of aliphatic hydroxyl groups is 7. The first kappa shape index (κ1) is 27.9. The molecule has 0 radical (unpaired) electrons. The molecule has 12 atom stereocenters. The molecule has 9 unspecified atom stereocenters. The summed E-state index contributed by atoms with van der Waals surface area (Å²) in [5, 5.41) is 81.0. The van der Waals surface area contributed by atoms with E-state index in [0.717, 1.165) is 6.07 Å². The number of hydrogen-bond donors (Lipinski definition) is 8. The average molecular weight is 555 g/mol. The summed E-state index contributed by atoms with van der Waals surface area (Å²) in [6, 6.07) is 2.37. The molecule has 39 heavy (non-hydrogen) atoms. The number of ketones is 1. The number of phenols is 1. The topological polar surface area (TPSA) is 225 Å². The number of ether oxygens (including phenoxy) is 5. The number of rotatable bonds is 6. The number of aromatic hydroxyl groups is 1. The van der Waals surface area contributed by atoms with Gasteiger partial charge in [0.05, 0.1) is 19.1 Å². The molecule has 0 saturated carbocycles. The predicted molar refractivity (Wildman–Crippen MR) is 126 cm³/mol. The fraction of sp³-hybridized carbons (Fsp3) is 0.560. The fourth-order valence-electron chi connectivity index (χ4n) is 4.93. The minimum Gasteiger partial charge on any atom is -0.508 e. The van der Waals surface area contributed by atoms with Crippen molar-refractivity contribution in [2.45, 2.75) is 67.5 Å². The maximum atomic E-state index is 13.3. The van der Waals surface area contributed by atoms with Crippen LogP contribution in [0.5, 0.6) is 17.2 Å². The van der Waals surface area contributed by atoms with Crippen molar-refractivity contribution in [2.24, 2.45) is 5.92 Å². The monoisotopic (exact) mass is 554 g/mol. The third-order valence-electron chi connectivity index (χ3n) is 7.13. The highest BCUT2D eigenvalue weighted by molar-refractivity contribution is 6.05. The van der Waals surface area contributed by atoms with Gasteiger partial charge in [-0.3, -0.25) is 4.79 Å². The predicted octanol–water partition coefficient (Wildman–Crippen LogP) is -2.92. The highest BCUT2D eigenvalue weighted by Crippen LogP contribution is 2.42. The lowest BCUT2D eigenvalue weighted by Gasteiger charge is -2.42. The van der Waals surface area contributed by atoms with E-state index in [9.17, 15) is 45.6 Å². The second kappa shape index (κ2) is 11.1. The largest absolute Gasteiger partial charge is 0.508 e. The van der Waals surface area contributed by atoms with Gasteiger partial charge in [0.2, 0.25) is 6.29 Å². The molecule has 14 heteroatoms. The molecule has 0 amide bonds. The van der Waals surface area contributed by atoms with Crippen LogP contribution in [0.25, 0.3) is 0 Å². The molecule has 8 N–H and O–H groups in total. The molecule has 2 saturated heterocycles.